The molecule has 0 atom stereocenters. The molecule has 110 valence electrons. The third-order valence-corrected chi connectivity index (χ3v) is 5.69. The molecule has 0 saturated heterocycles. The molecule has 2 aromatic rings. The molecule has 6 heteroatoms. The normalized spacial score (nSPS) is 11.2. The summed E-state index contributed by atoms with van der Waals surface area (Å²) in [7, 11) is -3.29. The van der Waals surface area contributed by atoms with Gasteiger partial charge in [0.2, 0.25) is 0 Å². The fourth-order valence-electron chi connectivity index (χ4n) is 1.85. The van der Waals surface area contributed by atoms with E-state index >= 15 is 0 Å². The van der Waals surface area contributed by atoms with E-state index in [1.54, 1.807) is 11.3 Å². The summed E-state index contributed by atoms with van der Waals surface area (Å²) in [6.45, 7) is 1.19. The molecule has 21 heavy (non-hydrogen) atoms. The van der Waals surface area contributed by atoms with E-state index < -0.39 is 9.84 Å². The quantitative estimate of drug-likeness (QED) is 0.794. The number of nitriles is 1. The molecule has 0 aliphatic heterocycles. The first-order chi connectivity index (χ1) is 10.1. The number of nitrogens with one attached hydrogen (secondary N) is 1. The molecule has 0 fully saturated rings. The van der Waals surface area contributed by atoms with Crippen LogP contribution in [0.25, 0.3) is 0 Å². The van der Waals surface area contributed by atoms with Crippen LogP contribution in [0.3, 0.4) is 0 Å². The predicted molar refractivity (Wildman–Crippen MR) is 84.1 cm³/mol. The summed E-state index contributed by atoms with van der Waals surface area (Å²) in [5.41, 5.74) is 0.461. The van der Waals surface area contributed by atoms with E-state index in [-0.39, 0.29) is 10.6 Å². The number of hydrogen-bond donors (Lipinski definition) is 1. The van der Waals surface area contributed by atoms with Crippen molar-refractivity contribution in [1.82, 2.24) is 5.32 Å². The van der Waals surface area contributed by atoms with Gasteiger partial charge in [-0.15, -0.1) is 11.3 Å². The Morgan fingerprint density at radius 3 is 2.52 bits per heavy atom. The van der Waals surface area contributed by atoms with E-state index in [9.17, 15) is 8.42 Å². The van der Waals surface area contributed by atoms with Crippen molar-refractivity contribution in [2.45, 2.75) is 11.3 Å². The number of nitrogens with zero attached hydrogens (tertiary/aromatic N) is 1. The van der Waals surface area contributed by atoms with Crippen molar-refractivity contribution >= 4 is 21.2 Å². The van der Waals surface area contributed by atoms with Crippen molar-refractivity contribution in [3.63, 3.8) is 0 Å². The number of benzene rings is 1. The highest BCUT2D eigenvalue weighted by Gasteiger charge is 2.13. The van der Waals surface area contributed by atoms with Gasteiger partial charge in [0.1, 0.15) is 0 Å². The molecule has 1 N–H and O–H groups in total. The van der Waals surface area contributed by atoms with Gasteiger partial charge in [-0.1, -0.05) is 6.07 Å². The van der Waals surface area contributed by atoms with Gasteiger partial charge in [0.05, 0.1) is 22.3 Å². The monoisotopic (exact) mass is 320 g/mol. The van der Waals surface area contributed by atoms with Gasteiger partial charge < -0.3 is 5.32 Å². The Morgan fingerprint density at radius 1 is 1.14 bits per heavy atom. The molecule has 0 spiro atoms. The van der Waals surface area contributed by atoms with Crippen LogP contribution in [0.4, 0.5) is 0 Å². The summed E-state index contributed by atoms with van der Waals surface area (Å²) in [4.78, 5) is 1.55. The topological polar surface area (TPSA) is 70.0 Å². The minimum Gasteiger partial charge on any atom is -0.315 e. The fourth-order valence-corrected chi connectivity index (χ4v) is 3.76. The zero-order chi connectivity index (χ0) is 15.1. The Kier molecular flexibility index (Phi) is 5.51. The summed E-state index contributed by atoms with van der Waals surface area (Å²) < 4.78 is 24.2. The third-order valence-electron chi connectivity index (χ3n) is 3.02. The summed E-state index contributed by atoms with van der Waals surface area (Å²) in [6.07, 6.45) is 0.911. The lowest BCUT2D eigenvalue weighted by Gasteiger charge is -2.06. The first-order valence-electron chi connectivity index (χ1n) is 6.58. The molecule has 1 aromatic carbocycles. The predicted octanol–water partition coefficient (Wildman–Crippen LogP) is 2.23. The van der Waals surface area contributed by atoms with Crippen LogP contribution in [0.1, 0.15) is 10.4 Å². The van der Waals surface area contributed by atoms with E-state index in [0.29, 0.717) is 12.1 Å². The molecule has 0 unspecified atom stereocenters. The largest absolute Gasteiger partial charge is 0.315 e. The van der Waals surface area contributed by atoms with Gasteiger partial charge >= 0.3 is 0 Å². The average Bonchev–Trinajstić information content (AvgIpc) is 3.00. The van der Waals surface area contributed by atoms with Crippen LogP contribution < -0.4 is 5.32 Å². The maximum absolute atomic E-state index is 12.1. The first kappa shape index (κ1) is 15.7. The molecule has 0 amide bonds. The molecule has 4 nitrogen and oxygen atoms in total. The summed E-state index contributed by atoms with van der Waals surface area (Å²) in [6, 6.07) is 12.1. The number of rotatable bonds is 7. The Balaban J connectivity index is 1.79. The highest BCUT2D eigenvalue weighted by molar-refractivity contribution is 7.91. The second-order valence-corrected chi connectivity index (χ2v) is 7.68. The van der Waals surface area contributed by atoms with Crippen LogP contribution in [0.2, 0.25) is 0 Å². The second kappa shape index (κ2) is 7.36. The molecule has 0 bridgehead atoms. The van der Waals surface area contributed by atoms with Crippen LogP contribution in [-0.4, -0.2) is 27.3 Å². The van der Waals surface area contributed by atoms with Gasteiger partial charge in [-0.05, 0) is 48.7 Å². The molecule has 1 aromatic heterocycles. The van der Waals surface area contributed by atoms with Crippen LogP contribution in [-0.2, 0) is 16.3 Å². The molecule has 0 saturated carbocycles. The lowest BCUT2D eigenvalue weighted by Crippen LogP contribution is -2.24. The van der Waals surface area contributed by atoms with Crippen molar-refractivity contribution in [2.75, 3.05) is 18.8 Å². The van der Waals surface area contributed by atoms with E-state index in [4.69, 9.17) is 5.26 Å². The van der Waals surface area contributed by atoms with E-state index in [1.807, 2.05) is 17.5 Å². The Labute approximate surface area is 129 Å². The zero-order valence-corrected chi connectivity index (χ0v) is 13.1. The maximum Gasteiger partial charge on any atom is 0.179 e. The van der Waals surface area contributed by atoms with Gasteiger partial charge in [0.25, 0.3) is 0 Å². The first-order valence-corrected chi connectivity index (χ1v) is 9.11. The lowest BCUT2D eigenvalue weighted by atomic mass is 10.2. The summed E-state index contributed by atoms with van der Waals surface area (Å²) in [5, 5.41) is 13.9. The Hall–Kier alpha value is -1.68. The number of sulfone groups is 1. The Morgan fingerprint density at radius 2 is 1.90 bits per heavy atom. The van der Waals surface area contributed by atoms with Gasteiger partial charge in [0.15, 0.2) is 9.84 Å². The minimum atomic E-state index is -3.29. The molecule has 2 rings (SSSR count). The highest BCUT2D eigenvalue weighted by atomic mass is 32.2. The molecule has 0 aliphatic carbocycles. The van der Waals surface area contributed by atoms with Crippen molar-refractivity contribution in [2.24, 2.45) is 0 Å². The van der Waals surface area contributed by atoms with Crippen molar-refractivity contribution in [1.29, 1.82) is 5.26 Å². The van der Waals surface area contributed by atoms with Crippen molar-refractivity contribution in [3.8, 4) is 6.07 Å². The zero-order valence-electron chi connectivity index (χ0n) is 11.5. The van der Waals surface area contributed by atoms with E-state index in [0.717, 1.165) is 13.0 Å². The van der Waals surface area contributed by atoms with Crippen molar-refractivity contribution in [3.05, 3.63) is 52.2 Å². The minimum absolute atomic E-state index is 0.0589. The maximum atomic E-state index is 12.1. The highest BCUT2D eigenvalue weighted by Crippen LogP contribution is 2.12. The smallest absolute Gasteiger partial charge is 0.179 e. The van der Waals surface area contributed by atoms with E-state index in [1.165, 1.54) is 29.1 Å². The lowest BCUT2D eigenvalue weighted by molar-refractivity contribution is 0.591. The molecule has 0 radical (unpaired) electrons. The average molecular weight is 320 g/mol. The standard InChI is InChI=1S/C15H16N2O2S2/c16-12-13-3-5-15(6-4-13)21(18,19)11-9-17-8-7-14-2-1-10-20-14/h1-6,10,17H,7-9,11H2. The second-order valence-electron chi connectivity index (χ2n) is 4.53. The van der Waals surface area contributed by atoms with E-state index in [2.05, 4.69) is 11.4 Å². The Bertz CT molecular complexity index is 699. The molecule has 1 heterocycles. The number of thiophene rings is 1. The molecular formula is C15H16N2O2S2. The molecular weight excluding hydrogens is 304 g/mol. The SMILES string of the molecule is N#Cc1ccc(S(=O)(=O)CCNCCc2cccs2)cc1. The van der Waals surface area contributed by atoms with Gasteiger partial charge in [-0.3, -0.25) is 0 Å². The van der Waals surface area contributed by atoms with Crippen LogP contribution >= 0.6 is 11.3 Å². The van der Waals surface area contributed by atoms with Gasteiger partial charge in [-0.2, -0.15) is 5.26 Å². The summed E-state index contributed by atoms with van der Waals surface area (Å²) >= 11 is 1.70. The molecule has 0 aliphatic rings. The fraction of sp³-hybridized carbons (Fsp3) is 0.267. The van der Waals surface area contributed by atoms with Gasteiger partial charge in [-0.25, -0.2) is 8.42 Å². The number of hydrogen-bond acceptors (Lipinski definition) is 5. The van der Waals surface area contributed by atoms with Gasteiger partial charge in [0, 0.05) is 11.4 Å². The van der Waals surface area contributed by atoms with Crippen LogP contribution in [0.15, 0.2) is 46.7 Å². The third kappa shape index (κ3) is 4.67. The summed E-state index contributed by atoms with van der Waals surface area (Å²) in [5.74, 6) is 0.0589. The van der Waals surface area contributed by atoms with Crippen LogP contribution in [0, 0.1) is 11.3 Å². The van der Waals surface area contributed by atoms with Crippen LogP contribution in [0.5, 0.6) is 0 Å². The van der Waals surface area contributed by atoms with Crippen molar-refractivity contribution < 1.29 is 8.42 Å².